The van der Waals surface area contributed by atoms with Crippen LogP contribution in [0.15, 0.2) is 48.8 Å². The molecule has 2 aromatic rings. The number of amides is 2. The lowest BCUT2D eigenvalue weighted by Crippen LogP contribution is -2.37. The fourth-order valence-corrected chi connectivity index (χ4v) is 1.66. The zero-order valence-corrected chi connectivity index (χ0v) is 11.7. The number of carbonyl (C=O) groups is 1. The number of para-hydroxylation sites is 2. The van der Waals surface area contributed by atoms with Gasteiger partial charge in [0.15, 0.2) is 18.2 Å². The van der Waals surface area contributed by atoms with E-state index in [1.165, 1.54) is 0 Å². The molecule has 2 rings (SSSR count). The van der Waals surface area contributed by atoms with Gasteiger partial charge in [0.05, 0.1) is 7.11 Å². The maximum absolute atomic E-state index is 11.6. The number of hydrogen-bond acceptors (Lipinski definition) is 4. The van der Waals surface area contributed by atoms with Gasteiger partial charge in [-0.3, -0.25) is 4.98 Å². The predicted octanol–water partition coefficient (Wildman–Crippen LogP) is 1.93. The van der Waals surface area contributed by atoms with Crippen LogP contribution in [-0.2, 0) is 6.54 Å². The molecule has 0 aliphatic rings. The zero-order valence-electron chi connectivity index (χ0n) is 11.7. The molecule has 6 heteroatoms. The van der Waals surface area contributed by atoms with Crippen molar-refractivity contribution in [2.75, 3.05) is 13.8 Å². The van der Waals surface area contributed by atoms with Crippen LogP contribution in [0.5, 0.6) is 11.5 Å². The smallest absolute Gasteiger partial charge is 0.317 e. The predicted molar refractivity (Wildman–Crippen MR) is 78.1 cm³/mol. The number of pyridine rings is 1. The lowest BCUT2D eigenvalue weighted by atomic mass is 10.3. The molecule has 0 aliphatic heterocycles. The van der Waals surface area contributed by atoms with Gasteiger partial charge in [-0.25, -0.2) is 4.79 Å². The minimum atomic E-state index is -0.304. The summed E-state index contributed by atoms with van der Waals surface area (Å²) in [5, 5.41) is 5.33. The molecule has 1 aromatic carbocycles. The summed E-state index contributed by atoms with van der Waals surface area (Å²) in [5.41, 5.74) is 0.978. The van der Waals surface area contributed by atoms with E-state index in [4.69, 9.17) is 9.47 Å². The van der Waals surface area contributed by atoms with Crippen LogP contribution in [0.3, 0.4) is 0 Å². The highest BCUT2D eigenvalue weighted by molar-refractivity contribution is 5.73. The molecule has 0 bridgehead atoms. The summed E-state index contributed by atoms with van der Waals surface area (Å²) in [6.07, 6.45) is 3.36. The third-order valence-corrected chi connectivity index (χ3v) is 2.73. The molecule has 6 nitrogen and oxygen atoms in total. The van der Waals surface area contributed by atoms with E-state index in [2.05, 4.69) is 15.6 Å². The van der Waals surface area contributed by atoms with Crippen molar-refractivity contribution in [1.29, 1.82) is 0 Å². The van der Waals surface area contributed by atoms with Gasteiger partial charge >= 0.3 is 6.03 Å². The molecule has 0 saturated carbocycles. The van der Waals surface area contributed by atoms with Gasteiger partial charge in [-0.2, -0.15) is 0 Å². The summed E-state index contributed by atoms with van der Waals surface area (Å²) in [5.74, 6) is 1.20. The lowest BCUT2D eigenvalue weighted by molar-refractivity contribution is 0.221. The molecule has 21 heavy (non-hydrogen) atoms. The number of nitrogens with zero attached hydrogens (tertiary/aromatic N) is 1. The number of nitrogens with one attached hydrogen (secondary N) is 2. The van der Waals surface area contributed by atoms with Crippen molar-refractivity contribution in [3.05, 3.63) is 54.4 Å². The average molecular weight is 287 g/mol. The average Bonchev–Trinajstić information content (AvgIpc) is 2.54. The van der Waals surface area contributed by atoms with Crippen LogP contribution in [0.1, 0.15) is 5.56 Å². The maximum atomic E-state index is 11.6. The number of carbonyl (C=O) groups excluding carboxylic acids is 1. The number of benzene rings is 1. The summed E-state index contributed by atoms with van der Waals surface area (Å²) in [7, 11) is 1.57. The van der Waals surface area contributed by atoms with Gasteiger partial charge in [0.25, 0.3) is 0 Å². The van der Waals surface area contributed by atoms with Gasteiger partial charge in [-0.1, -0.05) is 12.1 Å². The van der Waals surface area contributed by atoms with Crippen molar-refractivity contribution < 1.29 is 14.3 Å². The van der Waals surface area contributed by atoms with Gasteiger partial charge in [-0.05, 0) is 29.8 Å². The molecule has 0 saturated heterocycles. The van der Waals surface area contributed by atoms with Crippen LogP contribution in [0.25, 0.3) is 0 Å². The number of methoxy groups -OCH3 is 1. The third kappa shape index (κ3) is 4.68. The normalized spacial score (nSPS) is 9.76. The molecular weight excluding hydrogens is 270 g/mol. The Hall–Kier alpha value is -2.76. The molecule has 0 spiro atoms. The Morgan fingerprint density at radius 3 is 2.52 bits per heavy atom. The Morgan fingerprint density at radius 1 is 1.10 bits per heavy atom. The molecule has 0 atom stereocenters. The Morgan fingerprint density at radius 2 is 1.81 bits per heavy atom. The van der Waals surface area contributed by atoms with Gasteiger partial charge < -0.3 is 20.1 Å². The molecule has 0 radical (unpaired) electrons. The van der Waals surface area contributed by atoms with Crippen molar-refractivity contribution in [3.8, 4) is 11.5 Å². The first kappa shape index (κ1) is 14.6. The summed E-state index contributed by atoms with van der Waals surface area (Å²) in [4.78, 5) is 15.5. The third-order valence-electron chi connectivity index (χ3n) is 2.73. The van der Waals surface area contributed by atoms with E-state index in [-0.39, 0.29) is 12.8 Å². The molecule has 0 fully saturated rings. The largest absolute Gasteiger partial charge is 0.493 e. The van der Waals surface area contributed by atoms with Crippen LogP contribution < -0.4 is 20.1 Å². The molecule has 1 aromatic heterocycles. The summed E-state index contributed by atoms with van der Waals surface area (Å²) in [6.45, 7) is 0.492. The molecule has 1 heterocycles. The monoisotopic (exact) mass is 287 g/mol. The highest BCUT2D eigenvalue weighted by atomic mass is 16.5. The minimum Gasteiger partial charge on any atom is -0.493 e. The molecule has 2 amide bonds. The van der Waals surface area contributed by atoms with E-state index in [1.807, 2.05) is 24.3 Å². The van der Waals surface area contributed by atoms with Crippen LogP contribution >= 0.6 is 0 Å². The first-order valence-electron chi connectivity index (χ1n) is 6.46. The number of ether oxygens (including phenoxy) is 2. The minimum absolute atomic E-state index is 0.0581. The van der Waals surface area contributed by atoms with Crippen molar-refractivity contribution in [2.24, 2.45) is 0 Å². The zero-order chi connectivity index (χ0) is 14.9. The first-order valence-corrected chi connectivity index (χ1v) is 6.46. The van der Waals surface area contributed by atoms with Gasteiger partial charge in [-0.15, -0.1) is 0 Å². The van der Waals surface area contributed by atoms with Crippen LogP contribution in [0.4, 0.5) is 4.79 Å². The van der Waals surface area contributed by atoms with E-state index in [0.29, 0.717) is 18.0 Å². The molecule has 0 unspecified atom stereocenters. The topological polar surface area (TPSA) is 72.5 Å². The van der Waals surface area contributed by atoms with Crippen LogP contribution in [-0.4, -0.2) is 24.9 Å². The summed E-state index contributed by atoms with van der Waals surface area (Å²) < 4.78 is 10.6. The Balaban J connectivity index is 1.72. The molecule has 110 valence electrons. The second-order valence-electron chi connectivity index (χ2n) is 4.15. The van der Waals surface area contributed by atoms with Crippen LogP contribution in [0.2, 0.25) is 0 Å². The van der Waals surface area contributed by atoms with Crippen molar-refractivity contribution >= 4 is 6.03 Å². The number of rotatable bonds is 6. The summed E-state index contributed by atoms with van der Waals surface area (Å²) in [6, 6.07) is 10.6. The van der Waals surface area contributed by atoms with E-state index < -0.39 is 0 Å². The first-order chi connectivity index (χ1) is 10.3. The van der Waals surface area contributed by atoms with E-state index in [9.17, 15) is 4.79 Å². The molecule has 2 N–H and O–H groups in total. The molecular formula is C15H17N3O3. The quantitative estimate of drug-likeness (QED) is 0.796. The van der Waals surface area contributed by atoms with Gasteiger partial charge in [0, 0.05) is 18.9 Å². The number of urea groups is 1. The Labute approximate surface area is 123 Å². The Bertz CT molecular complexity index is 575. The van der Waals surface area contributed by atoms with Crippen molar-refractivity contribution in [2.45, 2.75) is 6.54 Å². The second-order valence-corrected chi connectivity index (χ2v) is 4.15. The number of hydrogen-bond donors (Lipinski definition) is 2. The summed E-state index contributed by atoms with van der Waals surface area (Å²) >= 11 is 0. The SMILES string of the molecule is COc1ccccc1OCNC(=O)NCc1ccncc1. The number of aromatic nitrogens is 1. The van der Waals surface area contributed by atoms with Crippen molar-refractivity contribution in [3.63, 3.8) is 0 Å². The lowest BCUT2D eigenvalue weighted by Gasteiger charge is -2.11. The highest BCUT2D eigenvalue weighted by Gasteiger charge is 2.04. The van der Waals surface area contributed by atoms with E-state index >= 15 is 0 Å². The highest BCUT2D eigenvalue weighted by Crippen LogP contribution is 2.25. The Kier molecular flexibility index (Phi) is 5.40. The standard InChI is InChI=1S/C15H17N3O3/c1-20-13-4-2-3-5-14(13)21-11-18-15(19)17-10-12-6-8-16-9-7-12/h2-9H,10-11H2,1H3,(H2,17,18,19). The second kappa shape index (κ2) is 7.74. The van der Waals surface area contributed by atoms with Gasteiger partial charge in [0.1, 0.15) is 0 Å². The van der Waals surface area contributed by atoms with Crippen LogP contribution in [0, 0.1) is 0 Å². The van der Waals surface area contributed by atoms with Crippen molar-refractivity contribution in [1.82, 2.24) is 15.6 Å². The maximum Gasteiger partial charge on any atom is 0.317 e. The molecule has 0 aliphatic carbocycles. The van der Waals surface area contributed by atoms with Gasteiger partial charge in [0.2, 0.25) is 0 Å². The fourth-order valence-electron chi connectivity index (χ4n) is 1.66. The van der Waals surface area contributed by atoms with E-state index in [0.717, 1.165) is 5.56 Å². The fraction of sp³-hybridized carbons (Fsp3) is 0.200. The van der Waals surface area contributed by atoms with E-state index in [1.54, 1.807) is 31.6 Å².